The van der Waals surface area contributed by atoms with E-state index in [-0.39, 0.29) is 32.3 Å². The molecule has 0 aliphatic carbocycles. The smallest absolute Gasteiger partial charge is 0.373 e. The molecule has 4 heterocycles. The number of allylic oxidation sites excluding steroid dienone is 1. The Kier molecular flexibility index (Phi) is 9.53. The Morgan fingerprint density at radius 2 is 1.75 bits per heavy atom. The number of hydrogen-bond acceptors (Lipinski definition) is 6. The molecule has 7 nitrogen and oxygen atoms in total. The van der Waals surface area contributed by atoms with Crippen molar-refractivity contribution >= 4 is 75.5 Å². The molecule has 0 radical (unpaired) electrons. The number of anilines is 1. The van der Waals surface area contributed by atoms with Gasteiger partial charge in [0.25, 0.3) is 0 Å². The molecule has 3 aromatic rings. The molecule has 7 rings (SSSR count). The number of carboxylic acids is 1. The quantitative estimate of drug-likeness (QED) is 0.132. The largest absolute Gasteiger partial charge is 0.478 e. The van der Waals surface area contributed by atoms with Gasteiger partial charge in [-0.15, -0.1) is 11.8 Å². The Balaban J connectivity index is 0.00000129. The fraction of sp³-hybridized carbons (Fsp3) is 0.378. The van der Waals surface area contributed by atoms with Crippen LogP contribution in [-0.2, 0) is 22.4 Å². The summed E-state index contributed by atoms with van der Waals surface area (Å²) in [6.45, 7) is 11.6. The number of nitrogens with zero attached hydrogens (tertiary/aromatic N) is 2. The molecule has 0 fully saturated rings. The summed E-state index contributed by atoms with van der Waals surface area (Å²) in [7, 11) is 0. The fourth-order valence-corrected chi connectivity index (χ4v) is 9.90. The normalized spacial score (nSPS) is 16.9. The van der Waals surface area contributed by atoms with Crippen molar-refractivity contribution in [2.75, 3.05) is 30.8 Å². The van der Waals surface area contributed by atoms with E-state index in [1.54, 1.807) is 0 Å². The van der Waals surface area contributed by atoms with Crippen LogP contribution in [-0.4, -0.2) is 48.7 Å². The second-order valence-electron chi connectivity index (χ2n) is 13.0. The topological polar surface area (TPSA) is 86.9 Å². The Bertz CT molecular complexity index is 2100. The number of carbonyl (C=O) groups is 1. The second-order valence-corrected chi connectivity index (χ2v) is 14.9. The summed E-state index contributed by atoms with van der Waals surface area (Å²) in [5.41, 5.74) is 7.44. The molecule has 0 amide bonds. The van der Waals surface area contributed by atoms with Crippen molar-refractivity contribution < 1.29 is 24.2 Å². The van der Waals surface area contributed by atoms with E-state index in [0.717, 1.165) is 90.7 Å². The summed E-state index contributed by atoms with van der Waals surface area (Å²) >= 11 is 22.0. The molecular formula is C37H36Cl3N2O5S+. The lowest BCUT2D eigenvalue weighted by Gasteiger charge is -2.43. The van der Waals surface area contributed by atoms with Crippen molar-refractivity contribution in [2.24, 2.45) is 0 Å². The Hall–Kier alpha value is -3.26. The maximum Gasteiger partial charge on any atom is 0.373 e. The lowest BCUT2D eigenvalue weighted by molar-refractivity contribution is -0.191. The number of aryl methyl sites for hydroxylation is 1. The van der Waals surface area contributed by atoms with Crippen LogP contribution in [0.5, 0.6) is 11.5 Å². The highest BCUT2D eigenvalue weighted by molar-refractivity contribution is 7.98. The minimum Gasteiger partial charge on any atom is -0.478 e. The minimum absolute atomic E-state index is 0.00905. The van der Waals surface area contributed by atoms with Gasteiger partial charge in [-0.2, -0.15) is 9.59 Å². The lowest BCUT2D eigenvalue weighted by atomic mass is 9.83. The van der Waals surface area contributed by atoms with Gasteiger partial charge in [-0.3, -0.25) is 0 Å². The van der Waals surface area contributed by atoms with Crippen LogP contribution < -0.4 is 24.8 Å². The van der Waals surface area contributed by atoms with Crippen LogP contribution >= 0.6 is 46.6 Å². The van der Waals surface area contributed by atoms with Gasteiger partial charge in [0.2, 0.25) is 5.36 Å². The van der Waals surface area contributed by atoms with Crippen molar-refractivity contribution in [1.82, 2.24) is 4.58 Å². The average molecular weight is 727 g/mol. The van der Waals surface area contributed by atoms with Gasteiger partial charge in [0.15, 0.2) is 0 Å². The van der Waals surface area contributed by atoms with E-state index in [4.69, 9.17) is 49.1 Å². The van der Waals surface area contributed by atoms with E-state index >= 15 is 0 Å². The molecule has 3 aromatic carbocycles. The molecule has 1 N–H and O–H groups in total. The van der Waals surface area contributed by atoms with Crippen LogP contribution in [0.15, 0.2) is 29.2 Å². The number of ether oxygens (including phenoxy) is 1. The van der Waals surface area contributed by atoms with E-state index < -0.39 is 5.97 Å². The fourth-order valence-electron chi connectivity index (χ4n) is 8.03. The first-order valence-electron chi connectivity index (χ1n) is 16.0. The molecular weight excluding hydrogens is 691 g/mol. The van der Waals surface area contributed by atoms with Crippen LogP contribution in [0.4, 0.5) is 5.69 Å². The summed E-state index contributed by atoms with van der Waals surface area (Å²) in [5.74, 6) is 0.299. The number of carbonyl (C=O) groups excluding carboxylic acids is 2. The summed E-state index contributed by atoms with van der Waals surface area (Å²) in [6.07, 6.45) is 9.52. The first-order chi connectivity index (χ1) is 22.9. The molecule has 0 bridgehead atoms. The first-order valence-corrected chi connectivity index (χ1v) is 18.4. The number of halogens is 3. The van der Waals surface area contributed by atoms with Gasteiger partial charge in [0, 0.05) is 69.1 Å². The number of rotatable bonds is 4. The highest BCUT2D eigenvalue weighted by Gasteiger charge is 2.37. The van der Waals surface area contributed by atoms with Gasteiger partial charge in [-0.05, 0) is 70.9 Å². The van der Waals surface area contributed by atoms with E-state index in [9.17, 15) is 9.90 Å². The number of aromatic carboxylic acids is 1. The van der Waals surface area contributed by atoms with Gasteiger partial charge in [-0.1, -0.05) is 40.9 Å². The van der Waals surface area contributed by atoms with Gasteiger partial charge in [-0.25, -0.2) is 9.37 Å². The molecule has 250 valence electrons. The van der Waals surface area contributed by atoms with Crippen molar-refractivity contribution in [1.29, 1.82) is 0 Å². The highest BCUT2D eigenvalue weighted by atomic mass is 35.5. The summed E-state index contributed by atoms with van der Waals surface area (Å²) in [6, 6.07) is 6.51. The first kappa shape index (κ1) is 34.6. The molecule has 0 saturated carbocycles. The van der Waals surface area contributed by atoms with E-state index in [0.29, 0.717) is 16.2 Å². The van der Waals surface area contributed by atoms with Crippen LogP contribution in [0.2, 0.25) is 15.1 Å². The third-order valence-corrected chi connectivity index (χ3v) is 12.1. The zero-order chi connectivity index (χ0) is 34.7. The number of benzene rings is 3. The van der Waals surface area contributed by atoms with Crippen molar-refractivity contribution in [3.63, 3.8) is 0 Å². The number of likely N-dealkylation sites (N-methyl/N-ethyl adjacent to an activating group) is 1. The van der Waals surface area contributed by atoms with Crippen LogP contribution in [0.1, 0.15) is 85.1 Å². The van der Waals surface area contributed by atoms with E-state index in [1.807, 2.05) is 6.26 Å². The second kappa shape index (κ2) is 13.2. The molecule has 0 saturated heterocycles. The summed E-state index contributed by atoms with van der Waals surface area (Å²) in [4.78, 5) is 32.2. The van der Waals surface area contributed by atoms with Gasteiger partial charge < -0.3 is 14.7 Å². The molecule has 0 unspecified atom stereocenters. The average Bonchev–Trinajstić information content (AvgIpc) is 3.25. The number of fused-ring (bicyclic) bond motifs is 4. The Morgan fingerprint density at radius 1 is 1.04 bits per heavy atom. The zero-order valence-corrected chi connectivity index (χ0v) is 30.6. The standard InChI is InChI=1S/C36H35Cl3N2O3S.CO2/c1-6-41-24-16-25-22(15-21(24)18(2)17-36(41,3)4)26(27-28(35(42)43)29(37)31(39)34(45-5)30(27)38)23-14-19-10-7-8-12-40-13-9-11-20(32(19)40)33(23)44-25;2-1-3/h14-17H,6-13H2,1-5H3;/p+1. The predicted octanol–water partition coefficient (Wildman–Crippen LogP) is 7.63. The van der Waals surface area contributed by atoms with Gasteiger partial charge >= 0.3 is 12.1 Å². The zero-order valence-electron chi connectivity index (χ0n) is 27.5. The molecule has 4 aliphatic heterocycles. The molecule has 0 aromatic heterocycles. The third kappa shape index (κ3) is 5.46. The molecule has 48 heavy (non-hydrogen) atoms. The van der Waals surface area contributed by atoms with Crippen LogP contribution in [0.3, 0.4) is 0 Å². The molecule has 11 heteroatoms. The van der Waals surface area contributed by atoms with Gasteiger partial charge in [0.05, 0.1) is 31.7 Å². The van der Waals surface area contributed by atoms with Crippen molar-refractivity contribution in [3.05, 3.63) is 83.3 Å². The number of thioether (sulfide) groups is 1. The number of carboxylic acid groups (broad SMARTS) is 1. The Labute approximate surface area is 298 Å². The van der Waals surface area contributed by atoms with Crippen molar-refractivity contribution in [3.8, 4) is 11.5 Å². The summed E-state index contributed by atoms with van der Waals surface area (Å²) < 4.78 is 9.52. The van der Waals surface area contributed by atoms with Gasteiger partial charge in [0.1, 0.15) is 24.6 Å². The third-order valence-electron chi connectivity index (χ3n) is 9.82. The highest BCUT2D eigenvalue weighted by Crippen LogP contribution is 2.51. The molecule has 0 atom stereocenters. The maximum absolute atomic E-state index is 13.0. The predicted molar refractivity (Wildman–Crippen MR) is 192 cm³/mol. The SMILES string of the molecule is CCN1c2cc3c(cc2C(C)=CC1(C)C)C(c1c(Cl)c(SC)c(Cl)c(Cl)c1C(=O)O)=c1cc2c4c(c1O3)CCC[N+]=4CCCC2.O=C=O. The van der Waals surface area contributed by atoms with Crippen LogP contribution in [0, 0.1) is 0 Å². The van der Waals surface area contributed by atoms with Crippen molar-refractivity contribution in [2.45, 2.75) is 70.2 Å². The van der Waals surface area contributed by atoms with E-state index in [2.05, 4.69) is 61.4 Å². The maximum atomic E-state index is 13.0. The minimum atomic E-state index is -1.18. The van der Waals surface area contributed by atoms with E-state index in [1.165, 1.54) is 28.2 Å². The molecule has 0 spiro atoms. The molecule has 4 aliphatic rings. The van der Waals surface area contributed by atoms with Crippen LogP contribution in [0.25, 0.3) is 11.1 Å². The monoisotopic (exact) mass is 725 g/mol. The number of hydrogen-bond donors (Lipinski definition) is 1. The Morgan fingerprint density at radius 3 is 2.42 bits per heavy atom. The summed E-state index contributed by atoms with van der Waals surface area (Å²) in [5, 5.41) is 13.2. The lowest BCUT2D eigenvalue weighted by Crippen LogP contribution is -2.45.